The van der Waals surface area contributed by atoms with Gasteiger partial charge in [-0.2, -0.15) is 5.10 Å². The number of halogens is 1. The topological polar surface area (TPSA) is 41.8 Å². The van der Waals surface area contributed by atoms with E-state index in [1.807, 2.05) is 37.3 Å². The van der Waals surface area contributed by atoms with Gasteiger partial charge in [0.15, 0.2) is 0 Å². The largest absolute Gasteiger partial charge is 0.461 e. The summed E-state index contributed by atoms with van der Waals surface area (Å²) in [5.74, 6) is 0.878. The van der Waals surface area contributed by atoms with Crippen LogP contribution in [-0.2, 0) is 6.42 Å². The summed E-state index contributed by atoms with van der Waals surface area (Å²) in [6.45, 7) is 1.94. The Morgan fingerprint density at radius 3 is 3.00 bits per heavy atom. The molecule has 0 bridgehead atoms. The van der Waals surface area contributed by atoms with Crippen LogP contribution in [0.2, 0.25) is 5.02 Å². The van der Waals surface area contributed by atoms with Crippen LogP contribution < -0.4 is 0 Å². The fraction of sp³-hybridized carbons (Fsp3) is 0.143. The van der Waals surface area contributed by atoms with E-state index in [1.54, 1.807) is 0 Å². The minimum absolute atomic E-state index is 0.625. The minimum atomic E-state index is 0.625. The summed E-state index contributed by atoms with van der Waals surface area (Å²) in [5, 5.41) is 8.64. The molecule has 1 N–H and O–H groups in total. The van der Waals surface area contributed by atoms with Gasteiger partial charge in [-0.3, -0.25) is 5.10 Å². The number of hydrogen-bond donors (Lipinski definition) is 1. The third-order valence-corrected chi connectivity index (χ3v) is 3.44. The Bertz CT molecular complexity index is 807. The summed E-state index contributed by atoms with van der Waals surface area (Å²) in [5.41, 5.74) is 2.83. The van der Waals surface area contributed by atoms with Crippen molar-refractivity contribution in [3.05, 3.63) is 57.0 Å². The third-order valence-electron chi connectivity index (χ3n) is 3.00. The maximum absolute atomic E-state index is 5.96. The van der Waals surface area contributed by atoms with Crippen LogP contribution in [0.1, 0.15) is 17.0 Å². The number of aromatic nitrogens is 2. The van der Waals surface area contributed by atoms with Gasteiger partial charge in [-0.15, -0.1) is 0 Å². The number of furan rings is 1. The molecule has 0 spiro atoms. The van der Waals surface area contributed by atoms with Gasteiger partial charge in [0.05, 0.1) is 5.69 Å². The maximum Gasteiger partial charge on any atom is 0.134 e. The maximum atomic E-state index is 5.96. The van der Waals surface area contributed by atoms with Crippen LogP contribution in [0.4, 0.5) is 0 Å². The fourth-order valence-corrected chi connectivity index (χ4v) is 2.40. The van der Waals surface area contributed by atoms with Crippen LogP contribution in [0.3, 0.4) is 0 Å². The number of fused-ring (bicyclic) bond motifs is 1. The standard InChI is InChI=1S/C14H11ClN2OS/c1-8-9(7-14(19)17-16-8)5-12-6-10-4-11(15)2-3-13(10)18-12/h2-4,6-7H,5H2,1H3,(H,17,19). The quantitative estimate of drug-likeness (QED) is 0.710. The number of aryl methyl sites for hydroxylation is 1. The third kappa shape index (κ3) is 2.55. The highest BCUT2D eigenvalue weighted by Crippen LogP contribution is 2.24. The predicted octanol–water partition coefficient (Wildman–Crippen LogP) is 4.44. The Morgan fingerprint density at radius 2 is 2.16 bits per heavy atom. The van der Waals surface area contributed by atoms with Gasteiger partial charge in [-0.05, 0) is 42.8 Å². The Morgan fingerprint density at radius 1 is 1.32 bits per heavy atom. The van der Waals surface area contributed by atoms with Gasteiger partial charge in [-0.1, -0.05) is 23.8 Å². The van der Waals surface area contributed by atoms with E-state index in [0.717, 1.165) is 28.0 Å². The molecule has 5 heteroatoms. The molecule has 0 atom stereocenters. The van der Waals surface area contributed by atoms with Crippen molar-refractivity contribution < 1.29 is 4.42 Å². The summed E-state index contributed by atoms with van der Waals surface area (Å²) in [6.07, 6.45) is 0.670. The lowest BCUT2D eigenvalue weighted by molar-refractivity contribution is 0.561. The molecular formula is C14H11ClN2OS. The van der Waals surface area contributed by atoms with E-state index in [-0.39, 0.29) is 0 Å². The molecule has 0 aliphatic carbocycles. The number of aromatic amines is 1. The molecule has 0 aliphatic heterocycles. The molecule has 0 aliphatic rings. The molecule has 3 rings (SSSR count). The van der Waals surface area contributed by atoms with Crippen molar-refractivity contribution in [3.63, 3.8) is 0 Å². The van der Waals surface area contributed by atoms with Crippen molar-refractivity contribution in [3.8, 4) is 0 Å². The van der Waals surface area contributed by atoms with Gasteiger partial charge in [-0.25, -0.2) is 0 Å². The SMILES string of the molecule is Cc1n[nH]c(=S)cc1Cc1cc2cc(Cl)ccc2o1. The van der Waals surface area contributed by atoms with Crippen molar-refractivity contribution in [2.24, 2.45) is 0 Å². The van der Waals surface area contributed by atoms with Gasteiger partial charge >= 0.3 is 0 Å². The first-order valence-corrected chi connectivity index (χ1v) is 6.63. The summed E-state index contributed by atoms with van der Waals surface area (Å²) in [6, 6.07) is 9.51. The average Bonchev–Trinajstić information content (AvgIpc) is 2.75. The molecule has 3 nitrogen and oxygen atoms in total. The fourth-order valence-electron chi connectivity index (χ4n) is 2.03. The number of rotatable bonds is 2. The molecule has 0 amide bonds. The summed E-state index contributed by atoms with van der Waals surface area (Å²) >= 11 is 11.1. The number of benzene rings is 1. The van der Waals surface area contributed by atoms with Gasteiger partial charge < -0.3 is 4.42 Å². The van der Waals surface area contributed by atoms with Crippen molar-refractivity contribution in [1.82, 2.24) is 10.2 Å². The second-order valence-electron chi connectivity index (χ2n) is 4.41. The van der Waals surface area contributed by atoms with Gasteiger partial charge in [0.25, 0.3) is 0 Å². The molecule has 2 aromatic heterocycles. The van der Waals surface area contributed by atoms with Crippen LogP contribution in [0.25, 0.3) is 11.0 Å². The van der Waals surface area contributed by atoms with Crippen LogP contribution in [0, 0.1) is 11.6 Å². The second-order valence-corrected chi connectivity index (χ2v) is 5.29. The molecule has 0 saturated heterocycles. The highest BCUT2D eigenvalue weighted by molar-refractivity contribution is 7.71. The van der Waals surface area contributed by atoms with Gasteiger partial charge in [0.2, 0.25) is 0 Å². The zero-order chi connectivity index (χ0) is 13.4. The lowest BCUT2D eigenvalue weighted by atomic mass is 10.1. The van der Waals surface area contributed by atoms with Crippen molar-refractivity contribution in [1.29, 1.82) is 0 Å². The van der Waals surface area contributed by atoms with E-state index in [0.29, 0.717) is 16.1 Å². The molecule has 19 heavy (non-hydrogen) atoms. The normalized spacial score (nSPS) is 11.1. The highest BCUT2D eigenvalue weighted by Gasteiger charge is 2.07. The molecule has 0 saturated carbocycles. The number of nitrogens with one attached hydrogen (secondary N) is 1. The molecule has 1 aromatic carbocycles. The van der Waals surface area contributed by atoms with Crippen LogP contribution >= 0.6 is 23.8 Å². The first-order chi connectivity index (χ1) is 9.11. The van der Waals surface area contributed by atoms with E-state index in [2.05, 4.69) is 10.2 Å². The molecule has 3 aromatic rings. The lowest BCUT2D eigenvalue weighted by Crippen LogP contribution is -1.96. The molecule has 0 radical (unpaired) electrons. The minimum Gasteiger partial charge on any atom is -0.461 e. The Hall–Kier alpha value is -1.65. The van der Waals surface area contributed by atoms with E-state index in [1.165, 1.54) is 0 Å². The molecule has 96 valence electrons. The zero-order valence-corrected chi connectivity index (χ0v) is 11.8. The number of nitrogens with zero attached hydrogens (tertiary/aromatic N) is 1. The Balaban J connectivity index is 2.01. The predicted molar refractivity (Wildman–Crippen MR) is 78.2 cm³/mol. The van der Waals surface area contributed by atoms with E-state index in [9.17, 15) is 0 Å². The summed E-state index contributed by atoms with van der Waals surface area (Å²) in [4.78, 5) is 0. The van der Waals surface area contributed by atoms with Crippen LogP contribution in [-0.4, -0.2) is 10.2 Å². The summed E-state index contributed by atoms with van der Waals surface area (Å²) < 4.78 is 6.42. The van der Waals surface area contributed by atoms with Crippen LogP contribution in [0.5, 0.6) is 0 Å². The van der Waals surface area contributed by atoms with Gasteiger partial charge in [0, 0.05) is 16.8 Å². The Kier molecular flexibility index (Phi) is 3.12. The number of H-pyrrole nitrogens is 1. The molecule has 0 unspecified atom stereocenters. The molecule has 0 fully saturated rings. The Labute approximate surface area is 120 Å². The van der Waals surface area contributed by atoms with E-state index >= 15 is 0 Å². The number of hydrogen-bond acceptors (Lipinski definition) is 3. The average molecular weight is 291 g/mol. The van der Waals surface area contributed by atoms with E-state index < -0.39 is 0 Å². The van der Waals surface area contributed by atoms with Gasteiger partial charge in [0.1, 0.15) is 16.0 Å². The zero-order valence-electron chi connectivity index (χ0n) is 10.2. The monoisotopic (exact) mass is 290 g/mol. The van der Waals surface area contributed by atoms with Crippen molar-refractivity contribution in [2.45, 2.75) is 13.3 Å². The van der Waals surface area contributed by atoms with Crippen LogP contribution in [0.15, 0.2) is 34.7 Å². The first-order valence-electron chi connectivity index (χ1n) is 5.85. The molecule has 2 heterocycles. The van der Waals surface area contributed by atoms with Crippen molar-refractivity contribution in [2.75, 3.05) is 0 Å². The highest BCUT2D eigenvalue weighted by atomic mass is 35.5. The lowest BCUT2D eigenvalue weighted by Gasteiger charge is -2.01. The molecular weight excluding hydrogens is 280 g/mol. The smallest absolute Gasteiger partial charge is 0.134 e. The second kappa shape index (κ2) is 4.79. The van der Waals surface area contributed by atoms with Crippen molar-refractivity contribution >= 4 is 34.8 Å². The summed E-state index contributed by atoms with van der Waals surface area (Å²) in [7, 11) is 0. The first kappa shape index (κ1) is 12.4. The van der Waals surface area contributed by atoms with E-state index in [4.69, 9.17) is 28.2 Å².